The molecule has 40 heavy (non-hydrogen) atoms. The van der Waals surface area contributed by atoms with Crippen molar-refractivity contribution >= 4 is 40.2 Å². The number of rotatable bonds is 14. The van der Waals surface area contributed by atoms with Gasteiger partial charge in [0.15, 0.2) is 0 Å². The molecule has 0 aliphatic rings. The summed E-state index contributed by atoms with van der Waals surface area (Å²) >= 11 is 7.83. The summed E-state index contributed by atoms with van der Waals surface area (Å²) in [6.07, 6.45) is 2.48. The highest BCUT2D eigenvalue weighted by Gasteiger charge is 2.20. The van der Waals surface area contributed by atoms with Gasteiger partial charge in [0.05, 0.1) is 23.2 Å². The van der Waals surface area contributed by atoms with E-state index in [0.29, 0.717) is 30.2 Å². The van der Waals surface area contributed by atoms with Crippen LogP contribution in [0.5, 0.6) is 5.75 Å². The number of carboxylic acid groups (broad SMARTS) is 1. The van der Waals surface area contributed by atoms with Crippen LogP contribution in [0.1, 0.15) is 54.3 Å². The van der Waals surface area contributed by atoms with Gasteiger partial charge in [-0.2, -0.15) is 11.8 Å². The predicted octanol–water partition coefficient (Wildman–Crippen LogP) is 7.91. The Morgan fingerprint density at radius 1 is 1.02 bits per heavy atom. The largest absolute Gasteiger partial charge is 0.487 e. The third-order valence-corrected chi connectivity index (χ3v) is 8.72. The van der Waals surface area contributed by atoms with Crippen molar-refractivity contribution in [1.82, 2.24) is 4.98 Å². The number of aliphatic hydroxyl groups excluding tert-OH is 1. The molecule has 3 atom stereocenters. The molecule has 0 fully saturated rings. The second kappa shape index (κ2) is 14.5. The first-order valence-electron chi connectivity index (χ1n) is 13.7. The molecule has 1 heterocycles. The number of hydrogen-bond acceptors (Lipinski definition) is 5. The summed E-state index contributed by atoms with van der Waals surface area (Å²) in [7, 11) is 0. The van der Waals surface area contributed by atoms with Crippen molar-refractivity contribution in [2.45, 2.75) is 57.5 Å². The van der Waals surface area contributed by atoms with Crippen molar-refractivity contribution in [2.24, 2.45) is 5.92 Å². The Hall–Kier alpha value is -3.06. The van der Waals surface area contributed by atoms with Gasteiger partial charge in [0.2, 0.25) is 0 Å². The topological polar surface area (TPSA) is 79.7 Å². The van der Waals surface area contributed by atoms with Gasteiger partial charge >= 0.3 is 5.97 Å². The first kappa shape index (κ1) is 29.9. The maximum atomic E-state index is 11.7. The van der Waals surface area contributed by atoms with Crippen LogP contribution in [0.15, 0.2) is 78.9 Å². The van der Waals surface area contributed by atoms with Gasteiger partial charge in [-0.25, -0.2) is 4.98 Å². The summed E-state index contributed by atoms with van der Waals surface area (Å²) in [5, 5.41) is 21.3. The van der Waals surface area contributed by atoms with Crippen LogP contribution in [-0.2, 0) is 24.2 Å². The highest BCUT2D eigenvalue weighted by atomic mass is 35.5. The van der Waals surface area contributed by atoms with Crippen LogP contribution in [-0.4, -0.2) is 33.0 Å². The molecule has 4 aromatic rings. The van der Waals surface area contributed by atoms with Gasteiger partial charge < -0.3 is 14.9 Å². The molecule has 5 nitrogen and oxygen atoms in total. The summed E-state index contributed by atoms with van der Waals surface area (Å²) in [4.78, 5) is 16.4. The second-order valence-electron chi connectivity index (χ2n) is 10.1. The van der Waals surface area contributed by atoms with E-state index >= 15 is 0 Å². The molecule has 0 amide bonds. The van der Waals surface area contributed by atoms with E-state index in [2.05, 4.69) is 29.2 Å². The zero-order valence-corrected chi connectivity index (χ0v) is 24.5. The third kappa shape index (κ3) is 8.47. The number of aromatic nitrogens is 1. The number of aliphatic hydroxyl groups is 1. The van der Waals surface area contributed by atoms with Gasteiger partial charge in [-0.3, -0.25) is 4.79 Å². The highest BCUT2D eigenvalue weighted by molar-refractivity contribution is 7.99. The number of pyridine rings is 1. The number of thioether (sulfide) groups is 1. The molecule has 4 rings (SSSR count). The van der Waals surface area contributed by atoms with Crippen LogP contribution in [0.25, 0.3) is 10.9 Å². The number of carboxylic acids is 1. The fourth-order valence-electron chi connectivity index (χ4n) is 4.72. The van der Waals surface area contributed by atoms with Crippen LogP contribution in [0.3, 0.4) is 0 Å². The van der Waals surface area contributed by atoms with Crippen LogP contribution < -0.4 is 4.74 Å². The summed E-state index contributed by atoms with van der Waals surface area (Å²) in [5.74, 6) is 0.149. The molecule has 3 unspecified atom stereocenters. The minimum Gasteiger partial charge on any atom is -0.487 e. The van der Waals surface area contributed by atoms with Crippen molar-refractivity contribution in [3.8, 4) is 5.75 Å². The van der Waals surface area contributed by atoms with Crippen LogP contribution in [0, 0.1) is 5.92 Å². The van der Waals surface area contributed by atoms with Crippen molar-refractivity contribution in [3.63, 3.8) is 0 Å². The zero-order valence-electron chi connectivity index (χ0n) is 22.9. The molecule has 0 saturated heterocycles. The Morgan fingerprint density at radius 2 is 1.80 bits per heavy atom. The number of carbonyl (C=O) groups is 1. The van der Waals surface area contributed by atoms with E-state index < -0.39 is 12.1 Å². The number of ether oxygens (including phenoxy) is 1. The van der Waals surface area contributed by atoms with Crippen molar-refractivity contribution in [3.05, 3.63) is 106 Å². The van der Waals surface area contributed by atoms with Crippen LogP contribution in [0.4, 0.5) is 0 Å². The SMILES string of the molecule is CCC(CSC(CCc1ccccc1CC(C)O)c1cccc(OCc2ccc3ccc(Cl)cc3n2)c1)C(=O)O. The number of aryl methyl sites for hydroxylation is 1. The van der Waals surface area contributed by atoms with Gasteiger partial charge in [-0.05, 0) is 79.6 Å². The molecule has 7 heteroatoms. The standard InChI is InChI=1S/C33H36ClNO4S/c1-3-23(33(37)38)21-40-32(16-13-24-7-4-5-8-26(24)17-22(2)36)27-9-6-10-30(18-27)39-20-29-15-12-25-11-14-28(34)19-31(25)35-29/h4-12,14-15,18-19,22-23,32,36H,3,13,16-17,20-21H2,1-2H3,(H,37,38). The second-order valence-corrected chi connectivity index (χ2v) is 11.8. The monoisotopic (exact) mass is 577 g/mol. The lowest BCUT2D eigenvalue weighted by Gasteiger charge is -2.21. The Bertz CT molecular complexity index is 1430. The van der Waals surface area contributed by atoms with Gasteiger partial charge in [-0.1, -0.05) is 67.1 Å². The van der Waals surface area contributed by atoms with Crippen molar-refractivity contribution in [2.75, 3.05) is 5.75 Å². The minimum atomic E-state index is -0.753. The smallest absolute Gasteiger partial charge is 0.307 e. The number of benzene rings is 3. The Balaban J connectivity index is 1.50. The molecular formula is C33H36ClNO4S. The molecule has 2 N–H and O–H groups in total. The molecule has 210 valence electrons. The van der Waals surface area contributed by atoms with E-state index in [9.17, 15) is 15.0 Å². The van der Waals surface area contributed by atoms with Gasteiger partial charge in [0, 0.05) is 21.4 Å². The lowest BCUT2D eigenvalue weighted by atomic mass is 9.96. The molecule has 0 radical (unpaired) electrons. The number of aliphatic carboxylic acids is 1. The first-order valence-corrected chi connectivity index (χ1v) is 15.1. The maximum absolute atomic E-state index is 11.7. The van der Waals surface area contributed by atoms with Gasteiger partial charge in [0.1, 0.15) is 12.4 Å². The normalized spacial score (nSPS) is 13.6. The van der Waals surface area contributed by atoms with Gasteiger partial charge in [0.25, 0.3) is 0 Å². The Labute approximate surface area is 245 Å². The number of nitrogens with zero attached hydrogens (tertiary/aromatic N) is 1. The zero-order chi connectivity index (χ0) is 28.5. The molecule has 1 aromatic heterocycles. The third-order valence-electron chi connectivity index (χ3n) is 6.98. The number of halogens is 1. The quantitative estimate of drug-likeness (QED) is 0.158. The molecule has 0 spiro atoms. The fourth-order valence-corrected chi connectivity index (χ4v) is 6.36. The summed E-state index contributed by atoms with van der Waals surface area (Å²) < 4.78 is 6.15. The van der Waals surface area contributed by atoms with E-state index in [1.54, 1.807) is 18.7 Å². The number of hydrogen-bond donors (Lipinski definition) is 2. The van der Waals surface area contributed by atoms with E-state index in [-0.39, 0.29) is 11.2 Å². The molecule has 0 bridgehead atoms. The minimum absolute atomic E-state index is 0.0949. The summed E-state index contributed by atoms with van der Waals surface area (Å²) in [6.45, 7) is 4.05. The van der Waals surface area contributed by atoms with E-state index in [1.165, 1.54) is 5.56 Å². The predicted molar refractivity (Wildman–Crippen MR) is 164 cm³/mol. The maximum Gasteiger partial charge on any atom is 0.307 e. The average Bonchev–Trinajstić information content (AvgIpc) is 2.94. The molecule has 3 aromatic carbocycles. The molecular weight excluding hydrogens is 542 g/mol. The van der Waals surface area contributed by atoms with Crippen LogP contribution >= 0.6 is 23.4 Å². The summed E-state index contributed by atoms with van der Waals surface area (Å²) in [6, 6.07) is 25.9. The van der Waals surface area contributed by atoms with E-state index in [0.717, 1.165) is 46.3 Å². The lowest BCUT2D eigenvalue weighted by molar-refractivity contribution is -0.140. The van der Waals surface area contributed by atoms with Crippen molar-refractivity contribution < 1.29 is 19.7 Å². The first-order chi connectivity index (χ1) is 19.3. The Kier molecular flexibility index (Phi) is 10.9. The van der Waals surface area contributed by atoms with E-state index in [1.807, 2.05) is 61.5 Å². The van der Waals surface area contributed by atoms with E-state index in [4.69, 9.17) is 16.3 Å². The summed E-state index contributed by atoms with van der Waals surface area (Å²) in [5.41, 5.74) is 5.12. The molecule has 0 aliphatic carbocycles. The fraction of sp³-hybridized carbons (Fsp3) is 0.333. The van der Waals surface area contributed by atoms with Crippen molar-refractivity contribution in [1.29, 1.82) is 0 Å². The van der Waals surface area contributed by atoms with Gasteiger partial charge in [-0.15, -0.1) is 0 Å². The molecule has 0 aliphatic heterocycles. The van der Waals surface area contributed by atoms with Crippen LogP contribution in [0.2, 0.25) is 5.02 Å². The Morgan fingerprint density at radius 3 is 2.55 bits per heavy atom. The lowest BCUT2D eigenvalue weighted by Crippen LogP contribution is -2.16. The average molecular weight is 578 g/mol. The number of fused-ring (bicyclic) bond motifs is 1. The molecule has 0 saturated carbocycles. The highest BCUT2D eigenvalue weighted by Crippen LogP contribution is 2.37.